The van der Waals surface area contributed by atoms with Crippen LogP contribution in [-0.4, -0.2) is 28.5 Å². The van der Waals surface area contributed by atoms with Gasteiger partial charge in [0.1, 0.15) is 0 Å². The summed E-state index contributed by atoms with van der Waals surface area (Å²) >= 11 is 0. The van der Waals surface area contributed by atoms with Gasteiger partial charge >= 0.3 is 5.97 Å². The summed E-state index contributed by atoms with van der Waals surface area (Å²) in [6.45, 7) is 0.599. The molecule has 0 unspecified atom stereocenters. The van der Waals surface area contributed by atoms with Gasteiger partial charge in [0, 0.05) is 18.2 Å². The average molecular weight is 326 g/mol. The minimum Gasteiger partial charge on any atom is -0.481 e. The molecule has 2 aliphatic rings. The SMILES string of the molecule is O=C(O)Cc1ccc2c(c1)N(C(=O)c1cnc(C3CC3)o1)CCC2. The van der Waals surface area contributed by atoms with Gasteiger partial charge in [-0.1, -0.05) is 12.1 Å². The van der Waals surface area contributed by atoms with Gasteiger partial charge in [0.15, 0.2) is 5.89 Å². The Balaban J connectivity index is 1.63. The molecular formula is C18H18N2O4. The van der Waals surface area contributed by atoms with Gasteiger partial charge in [0.2, 0.25) is 5.76 Å². The molecule has 6 heteroatoms. The monoisotopic (exact) mass is 326 g/mol. The molecule has 1 fully saturated rings. The maximum atomic E-state index is 12.8. The van der Waals surface area contributed by atoms with Crippen molar-refractivity contribution in [3.63, 3.8) is 0 Å². The normalized spacial score (nSPS) is 16.8. The first-order valence-corrected chi connectivity index (χ1v) is 8.23. The van der Waals surface area contributed by atoms with Gasteiger partial charge in [-0.25, -0.2) is 4.98 Å². The van der Waals surface area contributed by atoms with Crippen LogP contribution in [0.2, 0.25) is 0 Å². The number of carboxylic acids is 1. The second-order valence-corrected chi connectivity index (χ2v) is 6.43. The molecular weight excluding hydrogens is 308 g/mol. The van der Waals surface area contributed by atoms with Gasteiger partial charge in [-0.3, -0.25) is 9.59 Å². The van der Waals surface area contributed by atoms with E-state index in [1.54, 1.807) is 11.0 Å². The van der Waals surface area contributed by atoms with Crippen molar-refractivity contribution < 1.29 is 19.1 Å². The molecule has 24 heavy (non-hydrogen) atoms. The smallest absolute Gasteiger partial charge is 0.307 e. The third kappa shape index (κ3) is 2.79. The number of aryl methyl sites for hydroxylation is 1. The fourth-order valence-corrected chi connectivity index (χ4v) is 3.15. The Morgan fingerprint density at radius 3 is 2.92 bits per heavy atom. The fraction of sp³-hybridized carbons (Fsp3) is 0.389. The van der Waals surface area contributed by atoms with E-state index in [-0.39, 0.29) is 18.1 Å². The lowest BCUT2D eigenvalue weighted by Crippen LogP contribution is -2.35. The summed E-state index contributed by atoms with van der Waals surface area (Å²) in [7, 11) is 0. The number of hydrogen-bond donors (Lipinski definition) is 1. The van der Waals surface area contributed by atoms with Crippen LogP contribution in [0.25, 0.3) is 0 Å². The first kappa shape index (κ1) is 14.9. The lowest BCUT2D eigenvalue weighted by molar-refractivity contribution is -0.136. The molecule has 2 aromatic rings. The number of hydrogen-bond acceptors (Lipinski definition) is 4. The number of aliphatic carboxylic acids is 1. The van der Waals surface area contributed by atoms with Crippen molar-refractivity contribution in [2.75, 3.05) is 11.4 Å². The highest BCUT2D eigenvalue weighted by Crippen LogP contribution is 2.39. The molecule has 1 aromatic heterocycles. The maximum absolute atomic E-state index is 12.8. The first-order chi connectivity index (χ1) is 11.6. The zero-order chi connectivity index (χ0) is 16.7. The third-order valence-corrected chi connectivity index (χ3v) is 4.53. The standard InChI is InChI=1S/C18H18N2O4/c21-16(22)9-11-3-4-12-2-1-7-20(14(12)8-11)18(23)15-10-19-17(24-15)13-5-6-13/h3-4,8,10,13H,1-2,5-7,9H2,(H,21,22). The van der Waals surface area contributed by atoms with Crippen LogP contribution in [0.4, 0.5) is 5.69 Å². The number of benzene rings is 1. The van der Waals surface area contributed by atoms with Crippen LogP contribution in [0, 0.1) is 0 Å². The summed E-state index contributed by atoms with van der Waals surface area (Å²) in [5, 5.41) is 8.98. The zero-order valence-corrected chi connectivity index (χ0v) is 13.2. The maximum Gasteiger partial charge on any atom is 0.307 e. The quantitative estimate of drug-likeness (QED) is 0.934. The predicted molar refractivity (Wildman–Crippen MR) is 86.3 cm³/mol. The molecule has 2 heterocycles. The molecule has 1 aliphatic heterocycles. The summed E-state index contributed by atoms with van der Waals surface area (Å²) in [6, 6.07) is 5.54. The number of carboxylic acid groups (broad SMARTS) is 1. The molecule has 0 radical (unpaired) electrons. The van der Waals surface area contributed by atoms with Crippen molar-refractivity contribution in [3.05, 3.63) is 47.2 Å². The van der Waals surface area contributed by atoms with Crippen molar-refractivity contribution >= 4 is 17.6 Å². The van der Waals surface area contributed by atoms with Crippen molar-refractivity contribution in [2.24, 2.45) is 0 Å². The molecule has 124 valence electrons. The van der Waals surface area contributed by atoms with E-state index >= 15 is 0 Å². The van der Waals surface area contributed by atoms with Gasteiger partial charge in [-0.2, -0.15) is 0 Å². The van der Waals surface area contributed by atoms with Gasteiger partial charge in [0.05, 0.1) is 12.6 Å². The van der Waals surface area contributed by atoms with E-state index in [0.29, 0.717) is 23.9 Å². The van der Waals surface area contributed by atoms with Crippen molar-refractivity contribution in [1.82, 2.24) is 4.98 Å². The van der Waals surface area contributed by atoms with Gasteiger partial charge in [-0.05, 0) is 42.9 Å². The van der Waals surface area contributed by atoms with Gasteiger partial charge in [0.25, 0.3) is 5.91 Å². The average Bonchev–Trinajstić information content (AvgIpc) is 3.30. The summed E-state index contributed by atoms with van der Waals surface area (Å²) in [5.74, 6) is 0.182. The van der Waals surface area contributed by atoms with Crippen LogP contribution < -0.4 is 4.90 Å². The van der Waals surface area contributed by atoms with Crippen molar-refractivity contribution in [1.29, 1.82) is 0 Å². The molecule has 1 amide bonds. The van der Waals surface area contributed by atoms with Gasteiger partial charge in [-0.15, -0.1) is 0 Å². The van der Waals surface area contributed by atoms with E-state index in [9.17, 15) is 9.59 Å². The topological polar surface area (TPSA) is 83.6 Å². The highest BCUT2D eigenvalue weighted by atomic mass is 16.4. The van der Waals surface area contributed by atoms with E-state index in [1.807, 2.05) is 12.1 Å². The fourth-order valence-electron chi connectivity index (χ4n) is 3.15. The van der Waals surface area contributed by atoms with E-state index in [0.717, 1.165) is 36.9 Å². The molecule has 0 saturated heterocycles. The van der Waals surface area contributed by atoms with E-state index in [1.165, 1.54) is 6.20 Å². The molecule has 0 bridgehead atoms. The highest BCUT2D eigenvalue weighted by Gasteiger charge is 2.31. The lowest BCUT2D eigenvalue weighted by Gasteiger charge is -2.29. The highest BCUT2D eigenvalue weighted by molar-refractivity contribution is 6.04. The van der Waals surface area contributed by atoms with E-state index in [4.69, 9.17) is 9.52 Å². The number of aromatic nitrogens is 1. The molecule has 4 rings (SSSR count). The largest absolute Gasteiger partial charge is 0.481 e. The van der Waals surface area contributed by atoms with Crippen LogP contribution in [0.15, 0.2) is 28.8 Å². The number of amides is 1. The second-order valence-electron chi connectivity index (χ2n) is 6.43. The number of fused-ring (bicyclic) bond motifs is 1. The Bertz CT molecular complexity index is 807. The van der Waals surface area contributed by atoms with Crippen molar-refractivity contribution in [2.45, 2.75) is 38.0 Å². The molecule has 1 N–H and O–H groups in total. The minimum atomic E-state index is -0.882. The first-order valence-electron chi connectivity index (χ1n) is 8.23. The van der Waals surface area contributed by atoms with Crippen LogP contribution in [-0.2, 0) is 17.6 Å². The zero-order valence-electron chi connectivity index (χ0n) is 13.2. The van der Waals surface area contributed by atoms with Gasteiger partial charge < -0.3 is 14.4 Å². The molecule has 1 saturated carbocycles. The molecule has 1 aromatic carbocycles. The lowest BCUT2D eigenvalue weighted by atomic mass is 9.98. The number of nitrogens with zero attached hydrogens (tertiary/aromatic N) is 2. The summed E-state index contributed by atoms with van der Waals surface area (Å²) in [6.07, 6.45) is 5.35. The number of rotatable bonds is 4. The second kappa shape index (κ2) is 5.78. The molecule has 6 nitrogen and oxygen atoms in total. The van der Waals surface area contributed by atoms with E-state index in [2.05, 4.69) is 4.98 Å². The minimum absolute atomic E-state index is 0.0521. The number of carbonyl (C=O) groups is 2. The summed E-state index contributed by atoms with van der Waals surface area (Å²) < 4.78 is 5.64. The Hall–Kier alpha value is -2.63. The Morgan fingerprint density at radius 1 is 1.33 bits per heavy atom. The molecule has 0 atom stereocenters. The number of anilines is 1. The van der Waals surface area contributed by atoms with Crippen LogP contribution in [0.3, 0.4) is 0 Å². The number of carbonyl (C=O) groups excluding carboxylic acids is 1. The Morgan fingerprint density at radius 2 is 2.17 bits per heavy atom. The predicted octanol–water partition coefficient (Wildman–Crippen LogP) is 2.77. The summed E-state index contributed by atoms with van der Waals surface area (Å²) in [5.41, 5.74) is 2.54. The van der Waals surface area contributed by atoms with Crippen LogP contribution in [0.1, 0.15) is 52.8 Å². The molecule has 1 aliphatic carbocycles. The Labute approximate surface area is 139 Å². The van der Waals surface area contributed by atoms with Crippen molar-refractivity contribution in [3.8, 4) is 0 Å². The third-order valence-electron chi connectivity index (χ3n) is 4.53. The Kier molecular flexibility index (Phi) is 3.59. The molecule has 0 spiro atoms. The summed E-state index contributed by atoms with van der Waals surface area (Å²) in [4.78, 5) is 29.7. The van der Waals surface area contributed by atoms with E-state index < -0.39 is 5.97 Å². The van der Waals surface area contributed by atoms with Crippen LogP contribution in [0.5, 0.6) is 0 Å². The van der Waals surface area contributed by atoms with Crippen LogP contribution >= 0.6 is 0 Å². The number of oxazole rings is 1.